The van der Waals surface area contributed by atoms with Gasteiger partial charge < -0.3 is 15.4 Å². The van der Waals surface area contributed by atoms with Crippen LogP contribution in [-0.4, -0.2) is 23.0 Å². The van der Waals surface area contributed by atoms with E-state index in [2.05, 4.69) is 20.6 Å². The Kier molecular flexibility index (Phi) is 7.10. The Morgan fingerprint density at radius 1 is 1.19 bits per heavy atom. The van der Waals surface area contributed by atoms with Crippen LogP contribution in [-0.2, 0) is 4.79 Å². The maximum atomic E-state index is 13.5. The fourth-order valence-corrected chi connectivity index (χ4v) is 5.59. The molecule has 2 saturated carbocycles. The number of fused-ring (bicyclic) bond motifs is 1. The van der Waals surface area contributed by atoms with E-state index in [0.29, 0.717) is 45.2 Å². The molecule has 1 amide bonds. The summed E-state index contributed by atoms with van der Waals surface area (Å²) in [7, 11) is 1.55. The number of nitrogens with one attached hydrogen (secondary N) is 2. The Balaban J connectivity index is 1.28. The first-order valence-corrected chi connectivity index (χ1v) is 12.8. The molecule has 1 aromatic heterocycles. The molecular formula is C28H30ClFN4O2. The van der Waals surface area contributed by atoms with E-state index in [0.717, 1.165) is 6.42 Å². The van der Waals surface area contributed by atoms with E-state index in [-0.39, 0.29) is 10.9 Å². The van der Waals surface area contributed by atoms with Gasteiger partial charge in [0.2, 0.25) is 5.91 Å². The van der Waals surface area contributed by atoms with Crippen LogP contribution in [0.15, 0.2) is 48.8 Å². The molecule has 2 aliphatic rings. The lowest BCUT2D eigenvalue weighted by Crippen LogP contribution is -2.33. The van der Waals surface area contributed by atoms with E-state index >= 15 is 0 Å². The first kappa shape index (κ1) is 24.5. The van der Waals surface area contributed by atoms with Gasteiger partial charge in [-0.2, -0.15) is 0 Å². The van der Waals surface area contributed by atoms with E-state index < -0.39 is 5.82 Å². The number of benzene rings is 2. The third kappa shape index (κ3) is 5.31. The molecule has 8 heteroatoms. The van der Waals surface area contributed by atoms with Gasteiger partial charge in [-0.25, -0.2) is 14.4 Å². The van der Waals surface area contributed by atoms with Crippen molar-refractivity contribution in [2.75, 3.05) is 17.7 Å². The van der Waals surface area contributed by atoms with Gasteiger partial charge in [0.25, 0.3) is 0 Å². The fraction of sp³-hybridized carbons (Fsp3) is 0.393. The van der Waals surface area contributed by atoms with Crippen molar-refractivity contribution in [2.24, 2.45) is 11.3 Å². The van der Waals surface area contributed by atoms with Crippen LogP contribution in [0.3, 0.4) is 0 Å². The van der Waals surface area contributed by atoms with Gasteiger partial charge in [-0.3, -0.25) is 4.79 Å². The Hall–Kier alpha value is -3.19. The van der Waals surface area contributed by atoms with Crippen molar-refractivity contribution in [3.8, 4) is 5.75 Å². The minimum Gasteiger partial charge on any atom is -0.494 e. The number of ether oxygens (including phenoxy) is 1. The second kappa shape index (κ2) is 10.4. The second-order valence-electron chi connectivity index (χ2n) is 9.97. The lowest BCUT2D eigenvalue weighted by Gasteiger charge is -2.47. The standard InChI is InChI=1S/C28H30ClFN4O2/c1-36-25-16-23-20(27(32-17-31-23)33-19-6-7-22(30)21(29)14-19)15-24(25)34-26(35)5-2-4-18-8-12-28(13-9-18)10-3-11-28/h2,5-7,14-18H,3-4,8-13H2,1H3,(H,34,35)(H,31,32,33)/b5-2+. The van der Waals surface area contributed by atoms with E-state index in [1.807, 2.05) is 6.08 Å². The fourth-order valence-electron chi connectivity index (χ4n) is 5.41. The highest BCUT2D eigenvalue weighted by molar-refractivity contribution is 6.31. The summed E-state index contributed by atoms with van der Waals surface area (Å²) in [6.45, 7) is 0. The van der Waals surface area contributed by atoms with E-state index in [1.165, 1.54) is 63.4 Å². The number of carbonyl (C=O) groups excluding carboxylic acids is 1. The second-order valence-corrected chi connectivity index (χ2v) is 10.4. The molecule has 36 heavy (non-hydrogen) atoms. The largest absolute Gasteiger partial charge is 0.494 e. The third-order valence-corrected chi connectivity index (χ3v) is 8.01. The van der Waals surface area contributed by atoms with Crippen molar-refractivity contribution >= 4 is 45.6 Å². The molecule has 1 spiro atoms. The van der Waals surface area contributed by atoms with Gasteiger partial charge in [-0.05, 0) is 86.6 Å². The van der Waals surface area contributed by atoms with Gasteiger partial charge in [-0.15, -0.1) is 0 Å². The maximum Gasteiger partial charge on any atom is 0.248 e. The van der Waals surface area contributed by atoms with E-state index in [4.69, 9.17) is 16.3 Å². The molecule has 1 heterocycles. The average Bonchev–Trinajstić information content (AvgIpc) is 2.86. The molecule has 0 radical (unpaired) electrons. The molecule has 0 atom stereocenters. The lowest BCUT2D eigenvalue weighted by molar-refractivity contribution is -0.111. The number of hydrogen-bond acceptors (Lipinski definition) is 5. The molecule has 2 aromatic carbocycles. The van der Waals surface area contributed by atoms with Gasteiger partial charge in [0.05, 0.1) is 23.3 Å². The van der Waals surface area contributed by atoms with Crippen molar-refractivity contribution < 1.29 is 13.9 Å². The highest BCUT2D eigenvalue weighted by Crippen LogP contribution is 2.53. The highest BCUT2D eigenvalue weighted by Gasteiger charge is 2.39. The zero-order chi connectivity index (χ0) is 25.1. The van der Waals surface area contributed by atoms with Crippen molar-refractivity contribution in [1.29, 1.82) is 0 Å². The van der Waals surface area contributed by atoms with Gasteiger partial charge >= 0.3 is 0 Å². The third-order valence-electron chi connectivity index (χ3n) is 7.72. The summed E-state index contributed by atoms with van der Waals surface area (Å²) in [5.74, 6) is 0.954. The first-order chi connectivity index (χ1) is 17.4. The molecule has 3 aromatic rings. The summed E-state index contributed by atoms with van der Waals surface area (Å²) in [5.41, 5.74) is 2.38. The highest BCUT2D eigenvalue weighted by atomic mass is 35.5. The quantitative estimate of drug-likeness (QED) is 0.325. The number of hydrogen-bond donors (Lipinski definition) is 2. The van der Waals surface area contributed by atoms with Crippen LogP contribution in [0, 0.1) is 17.2 Å². The smallest absolute Gasteiger partial charge is 0.248 e. The van der Waals surface area contributed by atoms with Gasteiger partial charge in [0, 0.05) is 17.1 Å². The molecule has 0 saturated heterocycles. The number of halogens is 2. The van der Waals surface area contributed by atoms with Gasteiger partial charge in [0.15, 0.2) is 0 Å². The lowest BCUT2D eigenvalue weighted by atomic mass is 9.59. The number of aromatic nitrogens is 2. The summed E-state index contributed by atoms with van der Waals surface area (Å²) in [4.78, 5) is 21.4. The van der Waals surface area contributed by atoms with Crippen molar-refractivity contribution in [1.82, 2.24) is 9.97 Å². The Morgan fingerprint density at radius 2 is 2.00 bits per heavy atom. The maximum absolute atomic E-state index is 13.5. The van der Waals surface area contributed by atoms with Crippen LogP contribution < -0.4 is 15.4 Å². The van der Waals surface area contributed by atoms with Gasteiger partial charge in [0.1, 0.15) is 23.7 Å². The molecule has 5 rings (SSSR count). The first-order valence-electron chi connectivity index (χ1n) is 12.5. The molecule has 2 aliphatic carbocycles. The predicted octanol–water partition coefficient (Wildman–Crippen LogP) is 7.42. The summed E-state index contributed by atoms with van der Waals surface area (Å²) in [5, 5.41) is 6.75. The average molecular weight is 509 g/mol. The van der Waals surface area contributed by atoms with Crippen molar-refractivity contribution in [2.45, 2.75) is 51.4 Å². The Bertz CT molecular complexity index is 1300. The molecule has 6 nitrogen and oxygen atoms in total. The number of allylic oxidation sites excluding steroid dienone is 1. The molecule has 0 unspecified atom stereocenters. The number of amides is 1. The topological polar surface area (TPSA) is 76.1 Å². The van der Waals surface area contributed by atoms with Crippen LogP contribution >= 0.6 is 11.6 Å². The molecule has 188 valence electrons. The minimum absolute atomic E-state index is 0.00976. The predicted molar refractivity (Wildman–Crippen MR) is 141 cm³/mol. The van der Waals surface area contributed by atoms with Crippen molar-refractivity contribution in [3.63, 3.8) is 0 Å². The molecule has 2 N–H and O–H groups in total. The van der Waals surface area contributed by atoms with Crippen LogP contribution in [0.5, 0.6) is 5.75 Å². The summed E-state index contributed by atoms with van der Waals surface area (Å²) >= 11 is 5.92. The Labute approximate surface area is 215 Å². The molecule has 2 fully saturated rings. The van der Waals surface area contributed by atoms with E-state index in [1.54, 1.807) is 31.4 Å². The molecular weight excluding hydrogens is 479 g/mol. The summed E-state index contributed by atoms with van der Waals surface area (Å²) in [6.07, 6.45) is 15.4. The van der Waals surface area contributed by atoms with Crippen LogP contribution in [0.4, 0.5) is 21.6 Å². The number of anilines is 3. The monoisotopic (exact) mass is 508 g/mol. The normalized spacial score (nSPS) is 17.3. The van der Waals surface area contributed by atoms with E-state index in [9.17, 15) is 9.18 Å². The summed E-state index contributed by atoms with van der Waals surface area (Å²) in [6, 6.07) is 7.86. The van der Waals surface area contributed by atoms with Crippen LogP contribution in [0.25, 0.3) is 10.9 Å². The Morgan fingerprint density at radius 3 is 2.69 bits per heavy atom. The minimum atomic E-state index is -0.497. The van der Waals surface area contributed by atoms with Crippen molar-refractivity contribution in [3.05, 3.63) is 59.7 Å². The number of nitrogens with zero attached hydrogens (tertiary/aromatic N) is 2. The number of methoxy groups -OCH3 is 1. The number of rotatable bonds is 7. The summed E-state index contributed by atoms with van der Waals surface area (Å²) < 4.78 is 19.0. The SMILES string of the molecule is COc1cc2ncnc(Nc3ccc(F)c(Cl)c3)c2cc1NC(=O)/C=C/CC1CCC2(CCC2)CC1. The zero-order valence-corrected chi connectivity index (χ0v) is 21.1. The zero-order valence-electron chi connectivity index (χ0n) is 20.3. The van der Waals surface area contributed by atoms with Crippen LogP contribution in [0.2, 0.25) is 5.02 Å². The van der Waals surface area contributed by atoms with Gasteiger partial charge in [-0.1, -0.05) is 24.1 Å². The molecule has 0 aliphatic heterocycles. The number of carbonyl (C=O) groups is 1. The van der Waals surface area contributed by atoms with Crippen LogP contribution in [0.1, 0.15) is 51.4 Å². The molecule has 0 bridgehead atoms.